The van der Waals surface area contributed by atoms with Gasteiger partial charge in [0.2, 0.25) is 0 Å². The first kappa shape index (κ1) is 15.4. The summed E-state index contributed by atoms with van der Waals surface area (Å²) in [6.07, 6.45) is 1.63. The van der Waals surface area contributed by atoms with E-state index in [1.165, 1.54) is 12.0 Å². The average molecular weight is 313 g/mol. The van der Waals surface area contributed by atoms with Crippen molar-refractivity contribution in [2.24, 2.45) is 5.73 Å². The van der Waals surface area contributed by atoms with Gasteiger partial charge >= 0.3 is 12.0 Å². The molecule has 0 aliphatic carbocycles. The Morgan fingerprint density at radius 3 is 2.90 bits per heavy atom. The largest absolute Gasteiger partial charge is 0.496 e. The van der Waals surface area contributed by atoms with E-state index in [2.05, 4.69) is 0 Å². The van der Waals surface area contributed by atoms with Crippen LogP contribution in [0.4, 0.5) is 4.79 Å². The number of ether oxygens (including phenoxy) is 2. The van der Waals surface area contributed by atoms with Crippen LogP contribution in [0, 0.1) is 0 Å². The maximum Gasteiger partial charge on any atom is 0.341 e. The summed E-state index contributed by atoms with van der Waals surface area (Å²) in [4.78, 5) is 24.8. The number of carbonyl (C=O) groups excluding carboxylic acids is 2. The molecule has 1 aromatic carbocycles. The second-order valence-corrected chi connectivity index (χ2v) is 5.21. The Kier molecular flexibility index (Phi) is 4.90. The Labute approximate surface area is 127 Å². The van der Waals surface area contributed by atoms with Gasteiger partial charge < -0.3 is 20.1 Å². The molecular weight excluding hydrogens is 296 g/mol. The predicted octanol–water partition coefficient (Wildman–Crippen LogP) is 2.05. The lowest BCUT2D eigenvalue weighted by molar-refractivity contribution is 0.0418. The first-order chi connectivity index (χ1) is 10.0. The lowest BCUT2D eigenvalue weighted by Crippen LogP contribution is -2.41. The fourth-order valence-electron chi connectivity index (χ4n) is 2.38. The summed E-state index contributed by atoms with van der Waals surface area (Å²) in [6.45, 7) is 0.718. The molecule has 1 aliphatic rings. The van der Waals surface area contributed by atoms with Crippen molar-refractivity contribution in [2.45, 2.75) is 18.9 Å². The molecule has 0 bridgehead atoms. The minimum atomic E-state index is -0.514. The SMILES string of the molecule is COc1cc(Cl)ccc1C(=O)OC[C@@H]1CCCN1C(N)=O. The zero-order valence-electron chi connectivity index (χ0n) is 11.7. The van der Waals surface area contributed by atoms with E-state index in [1.54, 1.807) is 18.2 Å². The van der Waals surface area contributed by atoms with E-state index in [-0.39, 0.29) is 12.6 Å². The highest BCUT2D eigenvalue weighted by molar-refractivity contribution is 6.30. The monoisotopic (exact) mass is 312 g/mol. The normalized spacial score (nSPS) is 17.6. The molecule has 2 rings (SSSR count). The quantitative estimate of drug-likeness (QED) is 0.863. The summed E-state index contributed by atoms with van der Waals surface area (Å²) in [7, 11) is 1.45. The Balaban J connectivity index is 2.00. The van der Waals surface area contributed by atoms with Crippen molar-refractivity contribution in [2.75, 3.05) is 20.3 Å². The minimum absolute atomic E-state index is 0.119. The lowest BCUT2D eigenvalue weighted by Gasteiger charge is -2.22. The molecule has 21 heavy (non-hydrogen) atoms. The number of hydrogen-bond acceptors (Lipinski definition) is 4. The number of esters is 1. The van der Waals surface area contributed by atoms with Crippen molar-refractivity contribution in [3.63, 3.8) is 0 Å². The van der Waals surface area contributed by atoms with Crippen LogP contribution in [0.5, 0.6) is 5.75 Å². The Morgan fingerprint density at radius 2 is 2.24 bits per heavy atom. The Hall–Kier alpha value is -1.95. The molecule has 1 heterocycles. The third-order valence-electron chi connectivity index (χ3n) is 3.45. The third kappa shape index (κ3) is 3.58. The van der Waals surface area contributed by atoms with Gasteiger partial charge in [0.15, 0.2) is 0 Å². The second-order valence-electron chi connectivity index (χ2n) is 4.77. The van der Waals surface area contributed by atoms with Crippen LogP contribution in [0.25, 0.3) is 0 Å². The molecule has 1 atom stereocenters. The number of nitrogens with zero attached hydrogens (tertiary/aromatic N) is 1. The van der Waals surface area contributed by atoms with Gasteiger partial charge in [0.05, 0.1) is 13.2 Å². The lowest BCUT2D eigenvalue weighted by atomic mass is 10.2. The molecule has 0 spiro atoms. The zero-order chi connectivity index (χ0) is 15.4. The molecule has 1 saturated heterocycles. The molecule has 2 amide bonds. The van der Waals surface area contributed by atoms with Gasteiger partial charge in [-0.3, -0.25) is 0 Å². The number of amides is 2. The smallest absolute Gasteiger partial charge is 0.341 e. The van der Waals surface area contributed by atoms with E-state index >= 15 is 0 Å². The molecule has 2 N–H and O–H groups in total. The summed E-state index contributed by atoms with van der Waals surface area (Å²) in [5.41, 5.74) is 5.58. The molecule has 0 aromatic heterocycles. The van der Waals surface area contributed by atoms with E-state index in [4.69, 9.17) is 26.8 Å². The van der Waals surface area contributed by atoms with E-state index < -0.39 is 12.0 Å². The van der Waals surface area contributed by atoms with Crippen molar-refractivity contribution in [3.8, 4) is 5.75 Å². The first-order valence-electron chi connectivity index (χ1n) is 6.59. The fraction of sp³-hybridized carbons (Fsp3) is 0.429. The number of methoxy groups -OCH3 is 1. The molecule has 0 saturated carbocycles. The van der Waals surface area contributed by atoms with Gasteiger partial charge in [-0.2, -0.15) is 0 Å². The summed E-state index contributed by atoms with van der Waals surface area (Å²) in [5, 5.41) is 0.471. The number of primary amides is 1. The molecule has 0 unspecified atom stereocenters. The standard InChI is InChI=1S/C14H17ClN2O4/c1-20-12-7-9(15)4-5-11(12)13(18)21-8-10-3-2-6-17(10)14(16)19/h4-5,7,10H,2-3,6,8H2,1H3,(H2,16,19)/t10-/m0/s1. The van der Waals surface area contributed by atoms with Crippen LogP contribution in [0.2, 0.25) is 5.02 Å². The second kappa shape index (κ2) is 6.67. The molecule has 0 radical (unpaired) electrons. The van der Waals surface area contributed by atoms with Crippen LogP contribution in [0.1, 0.15) is 23.2 Å². The maximum absolute atomic E-state index is 12.1. The average Bonchev–Trinajstić information content (AvgIpc) is 2.93. The van der Waals surface area contributed by atoms with Crippen LogP contribution in [-0.4, -0.2) is 43.2 Å². The van der Waals surface area contributed by atoms with Gasteiger partial charge in [0.25, 0.3) is 0 Å². The van der Waals surface area contributed by atoms with E-state index in [9.17, 15) is 9.59 Å². The van der Waals surface area contributed by atoms with Crippen molar-refractivity contribution >= 4 is 23.6 Å². The highest BCUT2D eigenvalue weighted by atomic mass is 35.5. The molecule has 1 fully saturated rings. The first-order valence-corrected chi connectivity index (χ1v) is 6.97. The van der Waals surface area contributed by atoms with Crippen LogP contribution in [0.15, 0.2) is 18.2 Å². The molecule has 1 aliphatic heterocycles. The molecule has 6 nitrogen and oxygen atoms in total. The number of benzene rings is 1. The van der Waals surface area contributed by atoms with Crippen LogP contribution >= 0.6 is 11.6 Å². The highest BCUT2D eigenvalue weighted by Gasteiger charge is 2.28. The van der Waals surface area contributed by atoms with Gasteiger partial charge in [-0.05, 0) is 31.0 Å². The maximum atomic E-state index is 12.1. The van der Waals surface area contributed by atoms with Crippen molar-refractivity contribution in [1.82, 2.24) is 4.90 Å². The number of urea groups is 1. The van der Waals surface area contributed by atoms with E-state index in [1.807, 2.05) is 0 Å². The zero-order valence-corrected chi connectivity index (χ0v) is 12.4. The van der Waals surface area contributed by atoms with Gasteiger partial charge in [-0.25, -0.2) is 9.59 Å². The molecular formula is C14H17ClN2O4. The molecule has 7 heteroatoms. The van der Waals surface area contributed by atoms with Crippen LogP contribution in [0.3, 0.4) is 0 Å². The molecule has 1 aromatic rings. The topological polar surface area (TPSA) is 81.9 Å². The summed E-state index contributed by atoms with van der Waals surface area (Å²) < 4.78 is 10.4. The third-order valence-corrected chi connectivity index (χ3v) is 3.69. The van der Waals surface area contributed by atoms with Crippen molar-refractivity contribution in [1.29, 1.82) is 0 Å². The number of halogens is 1. The van der Waals surface area contributed by atoms with Crippen LogP contribution < -0.4 is 10.5 Å². The summed E-state index contributed by atoms with van der Waals surface area (Å²) in [6, 6.07) is 4.03. The predicted molar refractivity (Wildman–Crippen MR) is 77.6 cm³/mol. The van der Waals surface area contributed by atoms with Gasteiger partial charge in [-0.15, -0.1) is 0 Å². The Bertz CT molecular complexity index is 550. The van der Waals surface area contributed by atoms with Gasteiger partial charge in [0.1, 0.15) is 17.9 Å². The van der Waals surface area contributed by atoms with Crippen LogP contribution in [-0.2, 0) is 4.74 Å². The Morgan fingerprint density at radius 1 is 1.48 bits per heavy atom. The number of nitrogens with two attached hydrogens (primary N) is 1. The fourth-order valence-corrected chi connectivity index (χ4v) is 2.54. The summed E-state index contributed by atoms with van der Waals surface area (Å²) in [5.74, 6) is -0.162. The van der Waals surface area contributed by atoms with Crippen molar-refractivity contribution in [3.05, 3.63) is 28.8 Å². The molecule has 114 valence electrons. The summed E-state index contributed by atoms with van der Waals surface area (Å²) >= 11 is 5.84. The number of hydrogen-bond donors (Lipinski definition) is 1. The van der Waals surface area contributed by atoms with Gasteiger partial charge in [0, 0.05) is 11.6 Å². The van der Waals surface area contributed by atoms with Gasteiger partial charge in [-0.1, -0.05) is 11.6 Å². The van der Waals surface area contributed by atoms with Crippen molar-refractivity contribution < 1.29 is 19.1 Å². The minimum Gasteiger partial charge on any atom is -0.496 e. The highest BCUT2D eigenvalue weighted by Crippen LogP contribution is 2.24. The number of rotatable bonds is 4. The number of likely N-dealkylation sites (tertiary alicyclic amines) is 1. The van der Waals surface area contributed by atoms with E-state index in [0.717, 1.165) is 12.8 Å². The number of carbonyl (C=O) groups is 2. The van der Waals surface area contributed by atoms with E-state index in [0.29, 0.717) is 22.9 Å².